The van der Waals surface area contributed by atoms with Gasteiger partial charge < -0.3 is 39.8 Å². The van der Waals surface area contributed by atoms with Crippen molar-refractivity contribution in [2.45, 2.75) is 125 Å². The molecule has 0 radical (unpaired) electrons. The number of H-pyrrole nitrogens is 2. The number of carbonyl (C=O) groups excluding carboxylic acids is 5. The van der Waals surface area contributed by atoms with Crippen molar-refractivity contribution in [3.8, 4) is 34.9 Å². The first-order valence-corrected chi connectivity index (χ1v) is 28.4. The number of nitrogens with one attached hydrogen (secondary N) is 3. The number of halogens is 3. The summed E-state index contributed by atoms with van der Waals surface area (Å²) in [4.78, 5) is 90.1. The molecule has 0 saturated carbocycles. The maximum Gasteiger partial charge on any atom is 0.490 e. The number of alkyl halides is 3. The third-order valence-corrected chi connectivity index (χ3v) is 15.7. The minimum atomic E-state index is -5.08. The maximum atomic E-state index is 13.6. The number of hydrogen-bond acceptors (Lipinski definition) is 12. The molecule has 2 saturated heterocycles. The topological polar surface area (TPSA) is 259 Å². The lowest BCUT2D eigenvalue weighted by molar-refractivity contribution is -0.192. The summed E-state index contributed by atoms with van der Waals surface area (Å²) in [5, 5.41) is 28.6. The summed E-state index contributed by atoms with van der Waals surface area (Å²) in [5.41, 5.74) is 16.0. The number of carboxylic acid groups (broad SMARTS) is 1. The van der Waals surface area contributed by atoms with E-state index < -0.39 is 24.1 Å². The highest BCUT2D eigenvalue weighted by molar-refractivity contribution is 5.98. The quantitative estimate of drug-likeness (QED) is 0.0895. The predicted octanol–water partition coefficient (Wildman–Crippen LogP) is 10.2. The molecule has 18 nitrogen and oxygen atoms in total. The molecule has 0 atom stereocenters. The lowest BCUT2D eigenvalue weighted by atomic mass is 9.88. The average Bonchev–Trinajstić information content (AvgIpc) is 1.98. The van der Waals surface area contributed by atoms with Crippen molar-refractivity contribution in [1.82, 2.24) is 40.0 Å². The van der Waals surface area contributed by atoms with E-state index in [9.17, 15) is 37.1 Å². The van der Waals surface area contributed by atoms with E-state index in [2.05, 4.69) is 70.3 Å². The van der Waals surface area contributed by atoms with Crippen molar-refractivity contribution in [1.29, 1.82) is 10.5 Å². The zero-order chi connectivity index (χ0) is 61.7. The number of fused-ring (bicyclic) bond motifs is 2. The second-order valence-electron chi connectivity index (χ2n) is 21.7. The first-order valence-electron chi connectivity index (χ1n) is 28.4. The maximum absolute atomic E-state index is 13.6. The second kappa shape index (κ2) is 29.7. The van der Waals surface area contributed by atoms with Gasteiger partial charge in [0.1, 0.15) is 11.6 Å². The normalized spacial score (nSPS) is 15.0. The summed E-state index contributed by atoms with van der Waals surface area (Å²) in [7, 11) is 0. The Kier molecular flexibility index (Phi) is 22.9. The number of aryl methyl sites for hydroxylation is 4. The SMILES string of the molecule is C.CC(=O)N1CCc2nc(-c3cc(C(=O)N4CCC(c5ccc(C#N)cc5)CC4)c(C)cc3C)[nH]c2CC1.CC(=O)OC(C)=O.Cc1cc(C)c(-c2nc3c([nH]2)CCNCC3)cc1C(=O)N1CCC(c2ccc(C#N)cc2)CC1.O=C(O)C(F)(F)F. The number of amides is 3. The standard InChI is InChI=1S/C30H33N5O2.C28H31N5O.C4H6O3.C2HF3O2.CH4/c1-19-16-20(2)26(17-25(19)29-32-27-10-14-34(21(3)36)15-11-28(27)33-29)30(37)35-12-8-24(9-13-35)23-6-4-22(18-31)5-7-23;1-18-15-19(2)24(16-23(18)27-31-25-7-11-30-12-8-26(25)32-27)28(34)33-13-9-22(10-14-33)21-5-3-20(17-29)4-6-21;1-3(5)7-4(2)6;3-2(4,5)1(6)7;/h4-7,16-17,24H,8-15H2,1-3H3,(H,32,33);3-6,15-16,22,30H,7-14H2,1-2H3,(H,31,32);1-2H3;(H,6,7);1H4. The number of imidazole rings is 2. The molecule has 2 aromatic heterocycles. The fourth-order valence-electron chi connectivity index (χ4n) is 11.1. The van der Waals surface area contributed by atoms with Crippen LogP contribution in [0.25, 0.3) is 22.8 Å². The molecule has 6 heterocycles. The molecular formula is C65H75F3N10O8. The van der Waals surface area contributed by atoms with Crippen LogP contribution in [0.2, 0.25) is 0 Å². The Bertz CT molecular complexity index is 3450. The van der Waals surface area contributed by atoms with Crippen LogP contribution in [0.5, 0.6) is 0 Å². The summed E-state index contributed by atoms with van der Waals surface area (Å²) in [5.74, 6) is -1.10. The zero-order valence-corrected chi connectivity index (χ0v) is 49.0. The number of rotatable bonds is 6. The van der Waals surface area contributed by atoms with Gasteiger partial charge in [-0.15, -0.1) is 0 Å². The molecule has 2 fully saturated rings. The van der Waals surface area contributed by atoms with Crippen molar-refractivity contribution in [3.05, 3.63) is 151 Å². The van der Waals surface area contributed by atoms with E-state index in [1.165, 1.54) is 30.7 Å². The largest absolute Gasteiger partial charge is 0.490 e. The number of benzene rings is 4. The number of nitriles is 2. The van der Waals surface area contributed by atoms with Gasteiger partial charge >= 0.3 is 24.1 Å². The number of esters is 2. The smallest absolute Gasteiger partial charge is 0.475 e. The van der Waals surface area contributed by atoms with Gasteiger partial charge in [0, 0.05) is 132 Å². The number of piperidine rings is 2. The van der Waals surface area contributed by atoms with Crippen LogP contribution in [-0.2, 0) is 49.6 Å². The van der Waals surface area contributed by atoms with Crippen molar-refractivity contribution in [2.75, 3.05) is 52.4 Å². The minimum absolute atomic E-state index is 0. The first kappa shape index (κ1) is 66.2. The van der Waals surface area contributed by atoms with Crippen LogP contribution in [0.3, 0.4) is 0 Å². The molecule has 4 aliphatic rings. The Labute approximate surface area is 499 Å². The number of aliphatic carboxylic acids is 1. The third-order valence-electron chi connectivity index (χ3n) is 15.7. The zero-order valence-electron chi connectivity index (χ0n) is 49.0. The Hall–Kier alpha value is -8.95. The minimum Gasteiger partial charge on any atom is -0.475 e. The van der Waals surface area contributed by atoms with Gasteiger partial charge in [0.05, 0.1) is 34.7 Å². The lowest BCUT2D eigenvalue weighted by Crippen LogP contribution is -2.38. The average molecular weight is 1180 g/mol. The molecule has 4 aromatic carbocycles. The molecule has 21 heteroatoms. The fraction of sp³-hybridized carbons (Fsp3) is 0.415. The summed E-state index contributed by atoms with van der Waals surface area (Å²) in [6, 6.07) is 28.3. The van der Waals surface area contributed by atoms with Crippen LogP contribution in [0.4, 0.5) is 13.2 Å². The predicted molar refractivity (Wildman–Crippen MR) is 318 cm³/mol. The van der Waals surface area contributed by atoms with Crippen LogP contribution in [0, 0.1) is 50.4 Å². The highest BCUT2D eigenvalue weighted by Gasteiger charge is 2.38. The van der Waals surface area contributed by atoms with Gasteiger partial charge in [0.25, 0.3) is 11.8 Å². The molecular weight excluding hydrogens is 1110 g/mol. The molecule has 10 rings (SSSR count). The molecule has 454 valence electrons. The van der Waals surface area contributed by atoms with Gasteiger partial charge in [-0.3, -0.25) is 24.0 Å². The lowest BCUT2D eigenvalue weighted by Gasteiger charge is -2.32. The van der Waals surface area contributed by atoms with Gasteiger partial charge in [-0.05, 0) is 135 Å². The van der Waals surface area contributed by atoms with Crippen molar-refractivity contribution < 1.29 is 51.8 Å². The number of carboxylic acids is 1. The van der Waals surface area contributed by atoms with Crippen molar-refractivity contribution in [3.63, 3.8) is 0 Å². The first-order chi connectivity index (χ1) is 40.4. The van der Waals surface area contributed by atoms with Crippen LogP contribution in [0.1, 0.15) is 154 Å². The van der Waals surface area contributed by atoms with Gasteiger partial charge in [0.2, 0.25) is 5.91 Å². The van der Waals surface area contributed by atoms with Crippen molar-refractivity contribution >= 4 is 35.6 Å². The highest BCUT2D eigenvalue weighted by Crippen LogP contribution is 2.34. The number of carbonyl (C=O) groups is 6. The van der Waals surface area contributed by atoms with Gasteiger partial charge in [-0.1, -0.05) is 43.8 Å². The number of nitrogens with zero attached hydrogens (tertiary/aromatic N) is 7. The van der Waals surface area contributed by atoms with E-state index in [0.717, 1.165) is 151 Å². The molecule has 6 aromatic rings. The van der Waals surface area contributed by atoms with E-state index in [1.54, 1.807) is 6.92 Å². The Balaban J connectivity index is 0.000000224. The molecule has 4 N–H and O–H groups in total. The molecule has 86 heavy (non-hydrogen) atoms. The van der Waals surface area contributed by atoms with Gasteiger partial charge in [-0.25, -0.2) is 14.8 Å². The number of likely N-dealkylation sites (tertiary alicyclic amines) is 2. The molecule has 4 aliphatic heterocycles. The van der Waals surface area contributed by atoms with Gasteiger partial charge in [0.15, 0.2) is 0 Å². The molecule has 3 amide bonds. The Morgan fingerprint density at radius 1 is 0.570 bits per heavy atom. The number of aromatic amines is 2. The molecule has 0 bridgehead atoms. The van der Waals surface area contributed by atoms with E-state index in [1.807, 2.05) is 77.1 Å². The monoisotopic (exact) mass is 1180 g/mol. The second-order valence-corrected chi connectivity index (χ2v) is 21.7. The summed E-state index contributed by atoms with van der Waals surface area (Å²) >= 11 is 0. The van der Waals surface area contributed by atoms with Crippen LogP contribution in [0.15, 0.2) is 72.8 Å². The van der Waals surface area contributed by atoms with E-state index in [4.69, 9.17) is 30.4 Å². The highest BCUT2D eigenvalue weighted by atomic mass is 19.4. The molecule has 0 spiro atoms. The van der Waals surface area contributed by atoms with Crippen molar-refractivity contribution in [2.24, 2.45) is 0 Å². The summed E-state index contributed by atoms with van der Waals surface area (Å²) in [6.07, 6.45) is 1.99. The number of hydrogen-bond donors (Lipinski definition) is 4. The fourth-order valence-corrected chi connectivity index (χ4v) is 11.1. The van der Waals surface area contributed by atoms with Gasteiger partial charge in [-0.2, -0.15) is 23.7 Å². The van der Waals surface area contributed by atoms with E-state index in [0.29, 0.717) is 49.1 Å². The summed E-state index contributed by atoms with van der Waals surface area (Å²) in [6.45, 7) is 18.4. The summed E-state index contributed by atoms with van der Waals surface area (Å²) < 4.78 is 35.7. The third kappa shape index (κ3) is 17.1. The van der Waals surface area contributed by atoms with Crippen LogP contribution in [-0.4, -0.2) is 134 Å². The van der Waals surface area contributed by atoms with E-state index >= 15 is 0 Å². The Morgan fingerprint density at radius 2 is 0.953 bits per heavy atom. The van der Waals surface area contributed by atoms with E-state index in [-0.39, 0.29) is 25.1 Å². The molecule has 0 aliphatic carbocycles. The van der Waals surface area contributed by atoms with Crippen LogP contribution >= 0.6 is 0 Å². The Morgan fingerprint density at radius 3 is 1.33 bits per heavy atom. The van der Waals surface area contributed by atoms with Crippen LogP contribution < -0.4 is 5.32 Å². The number of aromatic nitrogens is 4. The number of ether oxygens (including phenoxy) is 1. The molecule has 0 unspecified atom stereocenters.